The number of hydrogen-bond donors (Lipinski definition) is 1. The van der Waals surface area contributed by atoms with Crippen LogP contribution in [0.15, 0.2) is 23.1 Å². The van der Waals surface area contributed by atoms with Crippen molar-refractivity contribution in [3.8, 4) is 11.5 Å². The summed E-state index contributed by atoms with van der Waals surface area (Å²) in [5.41, 5.74) is 0. The van der Waals surface area contributed by atoms with Gasteiger partial charge in [0, 0.05) is 22.3 Å². The van der Waals surface area contributed by atoms with E-state index in [0.717, 1.165) is 23.6 Å². The van der Waals surface area contributed by atoms with Crippen LogP contribution in [0.5, 0.6) is 11.5 Å². The maximum atomic E-state index is 12.6. The third-order valence-corrected chi connectivity index (χ3v) is 4.99. The lowest BCUT2D eigenvalue weighted by Gasteiger charge is -2.20. The van der Waals surface area contributed by atoms with E-state index in [-0.39, 0.29) is 5.25 Å². The molecule has 1 N–H and O–H groups in total. The summed E-state index contributed by atoms with van der Waals surface area (Å²) in [4.78, 5) is 0.811. The van der Waals surface area contributed by atoms with Gasteiger partial charge < -0.3 is 14.8 Å². The number of hydrogen-bond acceptors (Lipinski definition) is 4. The molecule has 0 saturated carbocycles. The van der Waals surface area contributed by atoms with Crippen LogP contribution >= 0.6 is 0 Å². The molecule has 5 heteroatoms. The number of ether oxygens (including phenoxy) is 2. The molecule has 112 valence electrons. The van der Waals surface area contributed by atoms with E-state index < -0.39 is 10.8 Å². The van der Waals surface area contributed by atoms with Crippen molar-refractivity contribution in [3.63, 3.8) is 0 Å². The summed E-state index contributed by atoms with van der Waals surface area (Å²) in [6.07, 6.45) is 0.884. The second-order valence-electron chi connectivity index (χ2n) is 5.11. The van der Waals surface area contributed by atoms with Gasteiger partial charge >= 0.3 is 0 Å². The molecule has 0 amide bonds. The van der Waals surface area contributed by atoms with Crippen molar-refractivity contribution >= 4 is 10.8 Å². The molecule has 0 aliphatic carbocycles. The maximum absolute atomic E-state index is 12.6. The van der Waals surface area contributed by atoms with Gasteiger partial charge in [-0.25, -0.2) is 0 Å². The van der Waals surface area contributed by atoms with E-state index in [0.29, 0.717) is 25.0 Å². The van der Waals surface area contributed by atoms with Crippen LogP contribution in [0.1, 0.15) is 27.2 Å². The highest BCUT2D eigenvalue weighted by Gasteiger charge is 2.19. The fraction of sp³-hybridized carbons (Fsp3) is 0.600. The highest BCUT2D eigenvalue weighted by Crippen LogP contribution is 2.32. The van der Waals surface area contributed by atoms with E-state index in [1.807, 2.05) is 25.1 Å². The second kappa shape index (κ2) is 7.09. The first-order valence-corrected chi connectivity index (χ1v) is 8.36. The Morgan fingerprint density at radius 1 is 1.25 bits per heavy atom. The molecule has 1 aliphatic heterocycles. The average molecular weight is 297 g/mol. The van der Waals surface area contributed by atoms with Gasteiger partial charge in [-0.15, -0.1) is 0 Å². The summed E-state index contributed by atoms with van der Waals surface area (Å²) in [6, 6.07) is 5.94. The molecule has 1 aromatic rings. The van der Waals surface area contributed by atoms with Crippen molar-refractivity contribution in [1.82, 2.24) is 5.32 Å². The maximum Gasteiger partial charge on any atom is 0.162 e. The Kier molecular flexibility index (Phi) is 5.43. The molecule has 0 fully saturated rings. The van der Waals surface area contributed by atoms with Gasteiger partial charge in [0.2, 0.25) is 0 Å². The summed E-state index contributed by atoms with van der Waals surface area (Å²) in [5, 5.41) is 3.46. The van der Waals surface area contributed by atoms with Gasteiger partial charge in [0.25, 0.3) is 0 Å². The van der Waals surface area contributed by atoms with Crippen molar-refractivity contribution in [2.45, 2.75) is 43.4 Å². The van der Waals surface area contributed by atoms with Crippen LogP contribution < -0.4 is 14.8 Å². The molecule has 20 heavy (non-hydrogen) atoms. The molecule has 0 aromatic heterocycles. The van der Waals surface area contributed by atoms with Crippen LogP contribution in [0, 0.1) is 0 Å². The summed E-state index contributed by atoms with van der Waals surface area (Å²) in [5.74, 6) is 1.44. The average Bonchev–Trinajstić information content (AvgIpc) is 2.46. The van der Waals surface area contributed by atoms with Gasteiger partial charge in [0.1, 0.15) is 13.2 Å². The van der Waals surface area contributed by atoms with Gasteiger partial charge in [0.05, 0.1) is 10.8 Å². The number of fused-ring (bicyclic) bond motifs is 1. The van der Waals surface area contributed by atoms with Crippen molar-refractivity contribution < 1.29 is 13.7 Å². The van der Waals surface area contributed by atoms with Crippen LogP contribution in [0.2, 0.25) is 0 Å². The smallest absolute Gasteiger partial charge is 0.162 e. The third kappa shape index (κ3) is 3.73. The van der Waals surface area contributed by atoms with E-state index in [4.69, 9.17) is 9.47 Å². The molecule has 1 heterocycles. The van der Waals surface area contributed by atoms with E-state index in [9.17, 15) is 4.21 Å². The molecule has 2 rings (SSSR count). The molecule has 3 atom stereocenters. The fourth-order valence-corrected chi connectivity index (χ4v) is 3.75. The Morgan fingerprint density at radius 2 is 1.95 bits per heavy atom. The van der Waals surface area contributed by atoms with Crippen LogP contribution in [0.25, 0.3) is 0 Å². The van der Waals surface area contributed by atoms with Crippen molar-refractivity contribution in [1.29, 1.82) is 0 Å². The highest BCUT2D eigenvalue weighted by atomic mass is 32.2. The van der Waals surface area contributed by atoms with Crippen molar-refractivity contribution in [2.24, 2.45) is 0 Å². The van der Waals surface area contributed by atoms with E-state index >= 15 is 0 Å². The molecule has 0 bridgehead atoms. The number of nitrogens with one attached hydrogen (secondary N) is 1. The Balaban J connectivity index is 2.05. The predicted octanol–water partition coefficient (Wildman–Crippen LogP) is 2.34. The van der Waals surface area contributed by atoms with Crippen LogP contribution in [-0.4, -0.2) is 35.3 Å². The SMILES string of the molecule is CCNC(C)CC(C)S(=O)c1ccc2c(c1)OCCO2. The Hall–Kier alpha value is -1.07. The quantitative estimate of drug-likeness (QED) is 0.875. The van der Waals surface area contributed by atoms with Crippen molar-refractivity contribution in [3.05, 3.63) is 18.2 Å². The van der Waals surface area contributed by atoms with Crippen LogP contribution in [-0.2, 0) is 10.8 Å². The molecule has 1 aliphatic rings. The summed E-state index contributed by atoms with van der Waals surface area (Å²) >= 11 is 0. The first-order valence-electron chi connectivity index (χ1n) is 7.15. The molecule has 1 aromatic carbocycles. The van der Waals surface area contributed by atoms with Gasteiger partial charge in [-0.1, -0.05) is 13.8 Å². The number of rotatable bonds is 6. The third-order valence-electron chi connectivity index (χ3n) is 3.35. The van der Waals surface area contributed by atoms with Gasteiger partial charge in [-0.3, -0.25) is 4.21 Å². The zero-order valence-corrected chi connectivity index (χ0v) is 13.2. The highest BCUT2D eigenvalue weighted by molar-refractivity contribution is 7.85. The van der Waals surface area contributed by atoms with E-state index in [1.54, 1.807) is 0 Å². The van der Waals surface area contributed by atoms with Crippen LogP contribution in [0.3, 0.4) is 0 Å². The minimum Gasteiger partial charge on any atom is -0.486 e. The van der Waals surface area contributed by atoms with Gasteiger partial charge in [0.15, 0.2) is 11.5 Å². The molecule has 0 radical (unpaired) electrons. The lowest BCUT2D eigenvalue weighted by molar-refractivity contribution is 0.171. The van der Waals surface area contributed by atoms with Crippen molar-refractivity contribution in [2.75, 3.05) is 19.8 Å². The predicted molar refractivity (Wildman–Crippen MR) is 81.1 cm³/mol. The van der Waals surface area contributed by atoms with Crippen LogP contribution in [0.4, 0.5) is 0 Å². The molecule has 0 saturated heterocycles. The molecular formula is C15H23NO3S. The number of benzene rings is 1. The lowest BCUT2D eigenvalue weighted by atomic mass is 10.2. The lowest BCUT2D eigenvalue weighted by Crippen LogP contribution is -2.30. The molecular weight excluding hydrogens is 274 g/mol. The zero-order valence-electron chi connectivity index (χ0n) is 12.3. The largest absolute Gasteiger partial charge is 0.486 e. The second-order valence-corrected chi connectivity index (χ2v) is 6.98. The molecule has 4 nitrogen and oxygen atoms in total. The summed E-state index contributed by atoms with van der Waals surface area (Å²) < 4.78 is 23.6. The Morgan fingerprint density at radius 3 is 2.65 bits per heavy atom. The fourth-order valence-electron chi connectivity index (χ4n) is 2.40. The first-order chi connectivity index (χ1) is 9.61. The Bertz CT molecular complexity index is 478. The zero-order chi connectivity index (χ0) is 14.5. The minimum atomic E-state index is -1.03. The summed E-state index contributed by atoms with van der Waals surface area (Å²) in [7, 11) is -1.03. The van der Waals surface area contributed by atoms with Gasteiger partial charge in [-0.2, -0.15) is 0 Å². The Labute approximate surface area is 123 Å². The van der Waals surface area contributed by atoms with E-state index in [2.05, 4.69) is 19.2 Å². The topological polar surface area (TPSA) is 47.6 Å². The first kappa shape index (κ1) is 15.3. The minimum absolute atomic E-state index is 0.103. The molecule has 0 spiro atoms. The standard InChI is InChI=1S/C15H23NO3S/c1-4-16-11(2)9-12(3)20(17)13-5-6-14-15(10-13)19-8-7-18-14/h5-6,10-12,16H,4,7-9H2,1-3H3. The molecule has 3 unspecified atom stereocenters. The monoisotopic (exact) mass is 297 g/mol. The van der Waals surface area contributed by atoms with Gasteiger partial charge in [-0.05, 0) is 32.0 Å². The van der Waals surface area contributed by atoms with E-state index in [1.165, 1.54) is 0 Å². The summed E-state index contributed by atoms with van der Waals surface area (Å²) in [6.45, 7) is 8.30. The normalized spacial score (nSPS) is 18.4.